The highest BCUT2D eigenvalue weighted by atomic mass is 15.0. The quantitative estimate of drug-likeness (QED) is 0.840. The number of nitrogen functional groups attached to an aromatic ring is 1. The van der Waals surface area contributed by atoms with Crippen LogP contribution in [0.2, 0.25) is 0 Å². The minimum Gasteiger partial charge on any atom is -0.399 e. The number of benzene rings is 2. The molecule has 3 N–H and O–H groups in total. The monoisotopic (exact) mass is 276 g/mol. The van der Waals surface area contributed by atoms with Crippen LogP contribution in [0.5, 0.6) is 0 Å². The first-order chi connectivity index (χ1) is 10.0. The average molecular weight is 276 g/mol. The maximum atomic E-state index is 8.97. The molecule has 0 aliphatic carbocycles. The van der Waals surface area contributed by atoms with Crippen LogP contribution in [0.15, 0.2) is 48.5 Å². The lowest BCUT2D eigenvalue weighted by atomic mass is 10.0. The summed E-state index contributed by atoms with van der Waals surface area (Å²) in [5, 5.41) is 20.9. The lowest BCUT2D eigenvalue weighted by Crippen LogP contribution is -2.30. The predicted molar refractivity (Wildman–Crippen MR) is 83.4 cm³/mol. The van der Waals surface area contributed by atoms with Crippen LogP contribution in [-0.2, 0) is 6.42 Å². The van der Waals surface area contributed by atoms with Crippen LogP contribution >= 0.6 is 0 Å². The maximum absolute atomic E-state index is 8.97. The van der Waals surface area contributed by atoms with Crippen molar-refractivity contribution in [3.05, 3.63) is 59.7 Å². The fourth-order valence-electron chi connectivity index (χ4n) is 1.95. The van der Waals surface area contributed by atoms with Crippen LogP contribution in [0.3, 0.4) is 0 Å². The molecule has 0 atom stereocenters. The molecule has 2 rings (SSSR count). The molecule has 0 spiro atoms. The van der Waals surface area contributed by atoms with E-state index in [2.05, 4.69) is 5.32 Å². The molecule has 2 aromatic carbocycles. The van der Waals surface area contributed by atoms with Gasteiger partial charge in [0.25, 0.3) is 0 Å². The largest absolute Gasteiger partial charge is 0.399 e. The van der Waals surface area contributed by atoms with E-state index in [0.29, 0.717) is 0 Å². The lowest BCUT2D eigenvalue weighted by Gasteiger charge is -2.16. The van der Waals surface area contributed by atoms with E-state index in [1.54, 1.807) is 6.92 Å². The third-order valence-corrected chi connectivity index (χ3v) is 3.18. The van der Waals surface area contributed by atoms with Gasteiger partial charge in [-0.15, -0.1) is 0 Å². The predicted octanol–water partition coefficient (Wildman–Crippen LogP) is 3.08. The summed E-state index contributed by atoms with van der Waals surface area (Å²) in [6, 6.07) is 19.4. The molecule has 4 heteroatoms. The molecule has 0 aliphatic heterocycles. The van der Waals surface area contributed by atoms with Gasteiger partial charge in [-0.25, -0.2) is 0 Å². The fourth-order valence-corrected chi connectivity index (χ4v) is 1.95. The van der Waals surface area contributed by atoms with Gasteiger partial charge in [0.2, 0.25) is 5.54 Å². The van der Waals surface area contributed by atoms with Crippen LogP contribution in [0.4, 0.5) is 11.4 Å². The van der Waals surface area contributed by atoms with Gasteiger partial charge in [-0.3, -0.25) is 0 Å². The summed E-state index contributed by atoms with van der Waals surface area (Å²) >= 11 is 0. The maximum Gasteiger partial charge on any atom is 0.209 e. The van der Waals surface area contributed by atoms with Crippen molar-refractivity contribution in [1.82, 2.24) is 0 Å². The number of nitrogens with two attached hydrogens (primary N) is 1. The van der Waals surface area contributed by atoms with Crippen LogP contribution < -0.4 is 11.1 Å². The van der Waals surface area contributed by atoms with Crippen molar-refractivity contribution >= 4 is 11.4 Å². The Morgan fingerprint density at radius 3 is 1.90 bits per heavy atom. The average Bonchev–Trinajstić information content (AvgIpc) is 2.51. The van der Waals surface area contributed by atoms with Crippen LogP contribution in [-0.4, -0.2) is 5.54 Å². The van der Waals surface area contributed by atoms with E-state index in [4.69, 9.17) is 16.3 Å². The Morgan fingerprint density at radius 2 is 1.43 bits per heavy atom. The molecule has 0 amide bonds. The van der Waals surface area contributed by atoms with Gasteiger partial charge in [0, 0.05) is 11.4 Å². The summed E-state index contributed by atoms with van der Waals surface area (Å²) in [5.41, 5.74) is 8.30. The van der Waals surface area contributed by atoms with Crippen LogP contribution in [0, 0.1) is 22.7 Å². The van der Waals surface area contributed by atoms with Gasteiger partial charge in [0.15, 0.2) is 0 Å². The summed E-state index contributed by atoms with van der Waals surface area (Å²) in [4.78, 5) is 0. The number of hydrogen-bond donors (Lipinski definition) is 2. The molecule has 0 aliphatic rings. The van der Waals surface area contributed by atoms with Crippen molar-refractivity contribution in [2.75, 3.05) is 11.1 Å². The molecule has 0 bridgehead atoms. The lowest BCUT2D eigenvalue weighted by molar-refractivity contribution is 0.831. The minimum atomic E-state index is -1.21. The molecule has 0 heterocycles. The Hall–Kier alpha value is -2.98. The van der Waals surface area contributed by atoms with Crippen molar-refractivity contribution in [3.63, 3.8) is 0 Å². The van der Waals surface area contributed by atoms with E-state index in [1.165, 1.54) is 5.56 Å². The van der Waals surface area contributed by atoms with Gasteiger partial charge < -0.3 is 11.1 Å². The molecule has 4 nitrogen and oxygen atoms in total. The van der Waals surface area contributed by atoms with Gasteiger partial charge in [-0.1, -0.05) is 24.3 Å². The third-order valence-electron chi connectivity index (χ3n) is 3.18. The second-order valence-electron chi connectivity index (χ2n) is 5.09. The summed E-state index contributed by atoms with van der Waals surface area (Å²) < 4.78 is 0. The van der Waals surface area contributed by atoms with Gasteiger partial charge in [-0.05, 0) is 48.7 Å². The summed E-state index contributed by atoms with van der Waals surface area (Å²) in [5.74, 6) is 0. The van der Waals surface area contributed by atoms with Crippen molar-refractivity contribution in [2.45, 2.75) is 18.9 Å². The first kappa shape index (κ1) is 14.4. The van der Waals surface area contributed by atoms with Crippen molar-refractivity contribution in [2.24, 2.45) is 0 Å². The SMILES string of the molecule is CC(C#N)(C#N)Nc1ccc(Cc2ccc(N)cc2)cc1. The Bertz CT molecular complexity index is 674. The summed E-state index contributed by atoms with van der Waals surface area (Å²) in [6.07, 6.45) is 0.814. The molecule has 0 fully saturated rings. The van der Waals surface area contributed by atoms with E-state index in [0.717, 1.165) is 23.4 Å². The number of nitriles is 2. The first-order valence-electron chi connectivity index (χ1n) is 6.59. The van der Waals surface area contributed by atoms with Gasteiger partial charge in [0.05, 0.1) is 0 Å². The minimum absolute atomic E-state index is 0.752. The number of rotatable bonds is 4. The summed E-state index contributed by atoms with van der Waals surface area (Å²) in [7, 11) is 0. The van der Waals surface area contributed by atoms with Gasteiger partial charge >= 0.3 is 0 Å². The molecule has 0 aromatic heterocycles. The number of nitrogens with zero attached hydrogens (tertiary/aromatic N) is 2. The van der Waals surface area contributed by atoms with E-state index < -0.39 is 5.54 Å². The zero-order valence-electron chi connectivity index (χ0n) is 11.8. The summed E-state index contributed by atoms with van der Waals surface area (Å²) in [6.45, 7) is 1.55. The number of hydrogen-bond acceptors (Lipinski definition) is 4. The molecule has 0 radical (unpaired) electrons. The van der Waals surface area contributed by atoms with Gasteiger partial charge in [0.1, 0.15) is 12.1 Å². The van der Waals surface area contributed by atoms with Crippen molar-refractivity contribution in [3.8, 4) is 12.1 Å². The highest BCUT2D eigenvalue weighted by Gasteiger charge is 2.22. The molecular formula is C17H16N4. The van der Waals surface area contributed by atoms with E-state index in [1.807, 2.05) is 60.7 Å². The topological polar surface area (TPSA) is 85.6 Å². The molecule has 2 aromatic rings. The van der Waals surface area contributed by atoms with Crippen molar-refractivity contribution in [1.29, 1.82) is 10.5 Å². The standard InChI is InChI=1S/C17H16N4/c1-17(11-18,12-19)21-16-8-4-14(5-9-16)10-13-2-6-15(20)7-3-13/h2-9,21H,10,20H2,1H3. The molecule has 104 valence electrons. The fraction of sp³-hybridized carbons (Fsp3) is 0.176. The normalized spacial score (nSPS) is 10.4. The zero-order chi connectivity index (χ0) is 15.3. The Labute approximate surface area is 124 Å². The Balaban J connectivity index is 2.08. The Kier molecular flexibility index (Phi) is 4.11. The second kappa shape index (κ2) is 5.98. The highest BCUT2D eigenvalue weighted by molar-refractivity contribution is 5.51. The second-order valence-corrected chi connectivity index (χ2v) is 5.09. The number of anilines is 2. The Morgan fingerprint density at radius 1 is 0.952 bits per heavy atom. The van der Waals surface area contributed by atoms with Crippen LogP contribution in [0.1, 0.15) is 18.1 Å². The van der Waals surface area contributed by atoms with E-state index in [-0.39, 0.29) is 0 Å². The van der Waals surface area contributed by atoms with Crippen molar-refractivity contribution < 1.29 is 0 Å². The molecule has 21 heavy (non-hydrogen) atoms. The van der Waals surface area contributed by atoms with E-state index >= 15 is 0 Å². The molecular weight excluding hydrogens is 260 g/mol. The molecule has 0 saturated carbocycles. The first-order valence-corrected chi connectivity index (χ1v) is 6.59. The molecule has 0 saturated heterocycles. The smallest absolute Gasteiger partial charge is 0.209 e. The van der Waals surface area contributed by atoms with Crippen LogP contribution in [0.25, 0.3) is 0 Å². The third kappa shape index (κ3) is 3.75. The zero-order valence-corrected chi connectivity index (χ0v) is 11.8. The molecule has 0 unspecified atom stereocenters. The van der Waals surface area contributed by atoms with E-state index in [9.17, 15) is 0 Å². The number of nitrogens with one attached hydrogen (secondary N) is 1. The highest BCUT2D eigenvalue weighted by Crippen LogP contribution is 2.17. The van der Waals surface area contributed by atoms with Gasteiger partial charge in [-0.2, -0.15) is 10.5 Å².